The molecular weight excluding hydrogens is 438 g/mol. The number of fused-ring (bicyclic) bond motifs is 1. The number of ether oxygens (including phenoxy) is 1. The number of hydrogen-bond donors (Lipinski definition) is 1. The number of methoxy groups -OCH3 is 1. The largest absolute Gasteiger partial charge is 0.494 e. The molecule has 9 heteroatoms. The summed E-state index contributed by atoms with van der Waals surface area (Å²) in [5.41, 5.74) is 8.50. The number of piperidine rings is 1. The van der Waals surface area contributed by atoms with E-state index in [9.17, 15) is 8.78 Å². The van der Waals surface area contributed by atoms with Gasteiger partial charge in [-0.25, -0.2) is 13.8 Å². The zero-order valence-electron chi connectivity index (χ0n) is 18.5. The molecule has 34 heavy (non-hydrogen) atoms. The van der Waals surface area contributed by atoms with Crippen molar-refractivity contribution in [2.75, 3.05) is 25.1 Å². The highest BCUT2D eigenvalue weighted by molar-refractivity contribution is 5.91. The SMILES string of the molecule is COc1ccc(-c2c(-c3ccc(C#N)c(F)c3)nn3c(N4CCC(N)CC4)ccnc23)cc1F. The zero-order valence-corrected chi connectivity index (χ0v) is 18.5. The van der Waals surface area contributed by atoms with Crippen molar-refractivity contribution in [3.8, 4) is 34.2 Å². The summed E-state index contributed by atoms with van der Waals surface area (Å²) in [6.45, 7) is 1.54. The number of nitriles is 1. The average Bonchev–Trinajstić information content (AvgIpc) is 3.24. The second kappa shape index (κ2) is 8.72. The Kier molecular flexibility index (Phi) is 5.59. The molecule has 0 amide bonds. The molecule has 0 saturated carbocycles. The summed E-state index contributed by atoms with van der Waals surface area (Å²) in [5, 5.41) is 13.9. The first kappa shape index (κ1) is 21.8. The summed E-state index contributed by atoms with van der Waals surface area (Å²) in [4.78, 5) is 6.74. The monoisotopic (exact) mass is 460 g/mol. The third-order valence-corrected chi connectivity index (χ3v) is 6.17. The Morgan fingerprint density at radius 1 is 1.06 bits per heavy atom. The Balaban J connectivity index is 1.75. The van der Waals surface area contributed by atoms with Crippen molar-refractivity contribution in [2.24, 2.45) is 5.73 Å². The van der Waals surface area contributed by atoms with Crippen molar-refractivity contribution in [3.63, 3.8) is 0 Å². The van der Waals surface area contributed by atoms with E-state index in [1.807, 2.05) is 12.1 Å². The molecule has 1 fully saturated rings. The Morgan fingerprint density at radius 3 is 2.47 bits per heavy atom. The number of benzene rings is 2. The molecule has 2 aromatic heterocycles. The van der Waals surface area contributed by atoms with Gasteiger partial charge in [-0.15, -0.1) is 0 Å². The molecule has 2 aromatic carbocycles. The summed E-state index contributed by atoms with van der Waals surface area (Å²) >= 11 is 0. The quantitative estimate of drug-likeness (QED) is 0.492. The van der Waals surface area contributed by atoms with E-state index in [0.717, 1.165) is 31.7 Å². The first-order chi connectivity index (χ1) is 16.5. The predicted octanol–water partition coefficient (Wildman–Crippen LogP) is 4.15. The van der Waals surface area contributed by atoms with Gasteiger partial charge in [0.05, 0.1) is 18.2 Å². The van der Waals surface area contributed by atoms with Gasteiger partial charge >= 0.3 is 0 Å². The lowest BCUT2D eigenvalue weighted by molar-refractivity contribution is 0.386. The molecule has 5 rings (SSSR count). The van der Waals surface area contributed by atoms with Crippen LogP contribution in [0, 0.1) is 23.0 Å². The Hall–Kier alpha value is -4.03. The van der Waals surface area contributed by atoms with Crippen LogP contribution in [-0.4, -0.2) is 40.8 Å². The van der Waals surface area contributed by atoms with Gasteiger partial charge < -0.3 is 15.4 Å². The summed E-state index contributed by atoms with van der Waals surface area (Å²) < 4.78 is 36.0. The van der Waals surface area contributed by atoms with Gasteiger partial charge in [0.1, 0.15) is 23.4 Å². The fraction of sp³-hybridized carbons (Fsp3) is 0.240. The average molecular weight is 460 g/mol. The number of nitrogens with two attached hydrogens (primary N) is 1. The fourth-order valence-electron chi connectivity index (χ4n) is 4.34. The molecule has 0 bridgehead atoms. The van der Waals surface area contributed by atoms with Gasteiger partial charge in [0.2, 0.25) is 0 Å². The van der Waals surface area contributed by atoms with Crippen LogP contribution in [0.1, 0.15) is 18.4 Å². The van der Waals surface area contributed by atoms with E-state index in [0.29, 0.717) is 28.0 Å². The number of hydrogen-bond acceptors (Lipinski definition) is 6. The molecule has 172 valence electrons. The van der Waals surface area contributed by atoms with Crippen LogP contribution in [0.4, 0.5) is 14.6 Å². The highest BCUT2D eigenvalue weighted by Crippen LogP contribution is 2.38. The highest BCUT2D eigenvalue weighted by atomic mass is 19.1. The summed E-state index contributed by atoms with van der Waals surface area (Å²) in [6.07, 6.45) is 3.40. The van der Waals surface area contributed by atoms with E-state index in [4.69, 9.17) is 20.8 Å². The Morgan fingerprint density at radius 2 is 1.79 bits per heavy atom. The second-order valence-corrected chi connectivity index (χ2v) is 8.24. The van der Waals surface area contributed by atoms with Gasteiger partial charge in [-0.3, -0.25) is 0 Å². The maximum atomic E-state index is 14.7. The summed E-state index contributed by atoms with van der Waals surface area (Å²) in [6, 6.07) is 12.8. The molecule has 0 spiro atoms. The zero-order chi connectivity index (χ0) is 23.8. The molecule has 1 aliphatic rings. The fourth-order valence-corrected chi connectivity index (χ4v) is 4.34. The molecule has 1 aliphatic heterocycles. The summed E-state index contributed by atoms with van der Waals surface area (Å²) in [7, 11) is 1.40. The molecule has 7 nitrogen and oxygen atoms in total. The van der Waals surface area contributed by atoms with Gasteiger partial charge in [0.15, 0.2) is 17.2 Å². The van der Waals surface area contributed by atoms with Crippen molar-refractivity contribution < 1.29 is 13.5 Å². The van der Waals surface area contributed by atoms with Gasteiger partial charge in [0, 0.05) is 30.9 Å². The second-order valence-electron chi connectivity index (χ2n) is 8.24. The minimum absolute atomic E-state index is 0.0620. The van der Waals surface area contributed by atoms with Crippen LogP contribution in [0.15, 0.2) is 48.7 Å². The van der Waals surface area contributed by atoms with Crippen LogP contribution < -0.4 is 15.4 Å². The van der Waals surface area contributed by atoms with Crippen LogP contribution in [0.2, 0.25) is 0 Å². The molecule has 0 unspecified atom stereocenters. The van der Waals surface area contributed by atoms with E-state index in [-0.39, 0.29) is 17.4 Å². The number of rotatable bonds is 4. The van der Waals surface area contributed by atoms with Gasteiger partial charge in [-0.2, -0.15) is 14.9 Å². The lowest BCUT2D eigenvalue weighted by atomic mass is 10.00. The molecule has 1 saturated heterocycles. The highest BCUT2D eigenvalue weighted by Gasteiger charge is 2.24. The minimum atomic E-state index is -0.651. The number of halogens is 2. The molecular formula is C25H22F2N6O. The van der Waals surface area contributed by atoms with Gasteiger partial charge in [-0.1, -0.05) is 12.1 Å². The Bertz CT molecular complexity index is 1420. The minimum Gasteiger partial charge on any atom is -0.494 e. The molecule has 2 N–H and O–H groups in total. The van der Waals surface area contributed by atoms with E-state index in [2.05, 4.69) is 9.88 Å². The van der Waals surface area contributed by atoms with Crippen LogP contribution in [0.25, 0.3) is 28.0 Å². The smallest absolute Gasteiger partial charge is 0.165 e. The standard InChI is InChI=1S/C25H22F2N6O/c1-34-21-5-4-15(12-20(21)27)23-24(16-2-3-17(14-28)19(26)13-16)31-33-22(6-9-30-25(23)33)32-10-7-18(29)8-11-32/h2-6,9,12-13,18H,7-8,10-11,29H2,1H3. The van der Waals surface area contributed by atoms with Crippen molar-refractivity contribution >= 4 is 11.5 Å². The van der Waals surface area contributed by atoms with E-state index < -0.39 is 11.6 Å². The van der Waals surface area contributed by atoms with Crippen molar-refractivity contribution in [1.82, 2.24) is 14.6 Å². The Labute approximate surface area is 195 Å². The van der Waals surface area contributed by atoms with Gasteiger partial charge in [0.25, 0.3) is 0 Å². The van der Waals surface area contributed by atoms with Crippen LogP contribution in [0.5, 0.6) is 5.75 Å². The number of aromatic nitrogens is 3. The molecule has 0 aliphatic carbocycles. The first-order valence-corrected chi connectivity index (χ1v) is 10.9. The third-order valence-electron chi connectivity index (χ3n) is 6.17. The van der Waals surface area contributed by atoms with Crippen LogP contribution in [-0.2, 0) is 0 Å². The van der Waals surface area contributed by atoms with Gasteiger partial charge in [-0.05, 0) is 48.7 Å². The normalized spacial score (nSPS) is 14.4. The maximum Gasteiger partial charge on any atom is 0.165 e. The lowest BCUT2D eigenvalue weighted by Gasteiger charge is -2.31. The van der Waals surface area contributed by atoms with E-state index >= 15 is 0 Å². The van der Waals surface area contributed by atoms with Crippen LogP contribution >= 0.6 is 0 Å². The third kappa shape index (κ3) is 3.72. The van der Waals surface area contributed by atoms with Crippen LogP contribution in [0.3, 0.4) is 0 Å². The van der Waals surface area contributed by atoms with Crippen molar-refractivity contribution in [1.29, 1.82) is 5.26 Å². The molecule has 4 aromatic rings. The molecule has 0 radical (unpaired) electrons. The lowest BCUT2D eigenvalue weighted by Crippen LogP contribution is -2.40. The molecule has 3 heterocycles. The maximum absolute atomic E-state index is 14.7. The summed E-state index contributed by atoms with van der Waals surface area (Å²) in [5.74, 6) is -0.239. The first-order valence-electron chi connectivity index (χ1n) is 10.9. The van der Waals surface area contributed by atoms with Crippen molar-refractivity contribution in [3.05, 3.63) is 65.9 Å². The van der Waals surface area contributed by atoms with E-state index in [1.54, 1.807) is 22.8 Å². The molecule has 0 atom stereocenters. The number of anilines is 1. The topological polar surface area (TPSA) is 92.5 Å². The number of nitrogens with zero attached hydrogens (tertiary/aromatic N) is 5. The van der Waals surface area contributed by atoms with E-state index in [1.165, 1.54) is 31.4 Å². The van der Waals surface area contributed by atoms with Crippen molar-refractivity contribution in [2.45, 2.75) is 18.9 Å². The predicted molar refractivity (Wildman–Crippen MR) is 124 cm³/mol.